The van der Waals surface area contributed by atoms with Crippen molar-refractivity contribution in [3.63, 3.8) is 0 Å². The van der Waals surface area contributed by atoms with Crippen LogP contribution in [0.1, 0.15) is 0 Å². The normalized spacial score (nSPS) is 13.6. The van der Waals surface area contributed by atoms with Crippen molar-refractivity contribution in [2.75, 3.05) is 4.72 Å². The molecule has 1 unspecified atom stereocenters. The molecule has 1 atom stereocenters. The van der Waals surface area contributed by atoms with Crippen molar-refractivity contribution in [1.82, 2.24) is 0 Å². The van der Waals surface area contributed by atoms with Crippen molar-refractivity contribution in [2.45, 2.75) is 4.90 Å². The first-order valence-corrected chi connectivity index (χ1v) is 6.00. The lowest BCUT2D eigenvalue weighted by atomic mass is 10.3. The SMILES string of the molecule is NS(=O)(=O)c1ccc(NS(=O)[O-])cc1. The Kier molecular flexibility index (Phi) is 3.21. The van der Waals surface area contributed by atoms with Gasteiger partial charge in [-0.25, -0.2) is 13.6 Å². The molecule has 0 fully saturated rings. The molecule has 6 nitrogen and oxygen atoms in total. The number of primary sulfonamides is 1. The van der Waals surface area contributed by atoms with E-state index in [4.69, 9.17) is 5.14 Å². The predicted octanol–water partition coefficient (Wildman–Crippen LogP) is -0.460. The second kappa shape index (κ2) is 4.05. The summed E-state index contributed by atoms with van der Waals surface area (Å²) in [5.41, 5.74) is 0.269. The van der Waals surface area contributed by atoms with Gasteiger partial charge in [-0.2, -0.15) is 0 Å². The van der Waals surface area contributed by atoms with Gasteiger partial charge in [0.05, 0.1) is 4.90 Å². The number of hydrogen-bond donors (Lipinski definition) is 2. The molecule has 0 amide bonds. The highest BCUT2D eigenvalue weighted by molar-refractivity contribution is 7.89. The fraction of sp³-hybridized carbons (Fsp3) is 0. The standard InChI is InChI=1S/C6H8N2O4S2/c7-14(11,12)6-3-1-5(2-4-6)8-13(9)10/h1-4,8H,(H,9,10)(H2,7,11,12)/p-1. The molecule has 8 heteroatoms. The average molecular weight is 235 g/mol. The van der Waals surface area contributed by atoms with Crippen LogP contribution in [0, 0.1) is 0 Å². The summed E-state index contributed by atoms with van der Waals surface area (Å²) in [5, 5.41) is 4.84. The second-order valence-electron chi connectivity index (χ2n) is 2.41. The molecule has 0 bridgehead atoms. The monoisotopic (exact) mass is 235 g/mol. The van der Waals surface area contributed by atoms with Crippen molar-refractivity contribution >= 4 is 27.0 Å². The summed E-state index contributed by atoms with van der Waals surface area (Å²) in [4.78, 5) is -0.0697. The second-order valence-corrected chi connectivity index (χ2v) is 4.64. The zero-order valence-corrected chi connectivity index (χ0v) is 8.47. The van der Waals surface area contributed by atoms with E-state index in [0.717, 1.165) is 0 Å². The van der Waals surface area contributed by atoms with Crippen molar-refractivity contribution in [3.8, 4) is 0 Å². The first-order valence-electron chi connectivity index (χ1n) is 3.38. The minimum atomic E-state index is -3.73. The van der Waals surface area contributed by atoms with E-state index >= 15 is 0 Å². The van der Waals surface area contributed by atoms with Gasteiger partial charge in [0.15, 0.2) is 0 Å². The van der Waals surface area contributed by atoms with Crippen molar-refractivity contribution in [2.24, 2.45) is 5.14 Å². The summed E-state index contributed by atoms with van der Waals surface area (Å²) in [7, 11) is -3.73. The van der Waals surface area contributed by atoms with E-state index in [9.17, 15) is 17.2 Å². The number of nitrogens with two attached hydrogens (primary N) is 1. The quantitative estimate of drug-likeness (QED) is 0.690. The highest BCUT2D eigenvalue weighted by Gasteiger charge is 2.06. The van der Waals surface area contributed by atoms with Gasteiger partial charge in [-0.3, -0.25) is 4.21 Å². The third kappa shape index (κ3) is 3.07. The molecule has 0 saturated carbocycles. The molecular formula is C6H7N2O4S2-. The number of hydrogen-bond acceptors (Lipinski definition) is 4. The molecule has 14 heavy (non-hydrogen) atoms. The van der Waals surface area contributed by atoms with Crippen LogP contribution in [0.4, 0.5) is 5.69 Å². The molecule has 0 saturated heterocycles. The van der Waals surface area contributed by atoms with E-state index in [2.05, 4.69) is 4.72 Å². The Morgan fingerprint density at radius 1 is 1.29 bits per heavy atom. The van der Waals surface area contributed by atoms with Gasteiger partial charge < -0.3 is 9.27 Å². The van der Waals surface area contributed by atoms with E-state index in [1.165, 1.54) is 24.3 Å². The Morgan fingerprint density at radius 3 is 2.14 bits per heavy atom. The van der Waals surface area contributed by atoms with Gasteiger partial charge >= 0.3 is 0 Å². The molecular weight excluding hydrogens is 228 g/mol. The van der Waals surface area contributed by atoms with Crippen LogP contribution in [0.5, 0.6) is 0 Å². The number of sulfonamides is 1. The lowest BCUT2D eigenvalue weighted by Crippen LogP contribution is -2.12. The molecule has 0 aliphatic carbocycles. The zero-order valence-electron chi connectivity index (χ0n) is 6.84. The van der Waals surface area contributed by atoms with Gasteiger partial charge in [-0.15, -0.1) is 0 Å². The summed E-state index contributed by atoms with van der Waals surface area (Å²) in [6.45, 7) is 0. The highest BCUT2D eigenvalue weighted by atomic mass is 32.2. The van der Waals surface area contributed by atoms with Gasteiger partial charge in [0, 0.05) is 17.0 Å². The van der Waals surface area contributed by atoms with E-state index in [1.54, 1.807) is 0 Å². The Balaban J connectivity index is 2.95. The first-order chi connectivity index (χ1) is 6.39. The van der Waals surface area contributed by atoms with Crippen LogP contribution in [0.3, 0.4) is 0 Å². The minimum Gasteiger partial charge on any atom is -0.755 e. The van der Waals surface area contributed by atoms with Crippen LogP contribution in [0.25, 0.3) is 0 Å². The molecule has 0 spiro atoms. The zero-order chi connectivity index (χ0) is 10.8. The Morgan fingerprint density at radius 2 is 1.79 bits per heavy atom. The minimum absolute atomic E-state index is 0.0697. The fourth-order valence-corrected chi connectivity index (χ4v) is 1.65. The lowest BCUT2D eigenvalue weighted by Gasteiger charge is -2.08. The van der Waals surface area contributed by atoms with Gasteiger partial charge in [-0.05, 0) is 24.3 Å². The van der Waals surface area contributed by atoms with E-state index < -0.39 is 21.3 Å². The van der Waals surface area contributed by atoms with Crippen LogP contribution in [0.15, 0.2) is 29.2 Å². The Labute approximate surface area is 83.6 Å². The Bertz CT molecular complexity index is 439. The average Bonchev–Trinajstić information content (AvgIpc) is 2.02. The summed E-state index contributed by atoms with van der Waals surface area (Å²) < 4.78 is 44.1. The molecule has 1 aromatic carbocycles. The largest absolute Gasteiger partial charge is 0.755 e. The summed E-state index contributed by atoms with van der Waals surface area (Å²) in [6.07, 6.45) is 0. The molecule has 3 N–H and O–H groups in total. The summed E-state index contributed by atoms with van der Waals surface area (Å²) in [5.74, 6) is 0. The smallest absolute Gasteiger partial charge is 0.238 e. The van der Waals surface area contributed by atoms with Crippen LogP contribution >= 0.6 is 0 Å². The maximum atomic E-state index is 10.8. The molecule has 0 heterocycles. The molecule has 0 aliphatic rings. The van der Waals surface area contributed by atoms with Gasteiger partial charge in [0.25, 0.3) is 0 Å². The van der Waals surface area contributed by atoms with Gasteiger partial charge in [0.2, 0.25) is 10.0 Å². The van der Waals surface area contributed by atoms with Crippen LogP contribution in [-0.2, 0) is 21.3 Å². The van der Waals surface area contributed by atoms with Crippen molar-refractivity contribution in [1.29, 1.82) is 0 Å². The summed E-state index contributed by atoms with van der Waals surface area (Å²) >= 11 is -2.43. The fourth-order valence-electron chi connectivity index (χ4n) is 0.809. The third-order valence-corrected chi connectivity index (χ3v) is 2.72. The first kappa shape index (κ1) is 11.1. The van der Waals surface area contributed by atoms with Crippen molar-refractivity contribution < 1.29 is 17.2 Å². The van der Waals surface area contributed by atoms with Gasteiger partial charge in [0.1, 0.15) is 0 Å². The molecule has 0 aliphatic heterocycles. The molecule has 1 rings (SSSR count). The van der Waals surface area contributed by atoms with Crippen LogP contribution in [-0.4, -0.2) is 17.2 Å². The number of anilines is 1. The third-order valence-electron chi connectivity index (χ3n) is 1.38. The topological polar surface area (TPSA) is 112 Å². The van der Waals surface area contributed by atoms with Crippen LogP contribution in [0.2, 0.25) is 0 Å². The summed E-state index contributed by atoms with van der Waals surface area (Å²) in [6, 6.07) is 5.03. The number of rotatable bonds is 3. The molecule has 0 radical (unpaired) electrons. The van der Waals surface area contributed by atoms with E-state index in [1.807, 2.05) is 0 Å². The number of benzene rings is 1. The maximum Gasteiger partial charge on any atom is 0.238 e. The van der Waals surface area contributed by atoms with Gasteiger partial charge in [-0.1, -0.05) is 0 Å². The lowest BCUT2D eigenvalue weighted by molar-refractivity contribution is 0.542. The molecule has 0 aromatic heterocycles. The number of nitrogens with one attached hydrogen (secondary N) is 1. The molecule has 1 aromatic rings. The van der Waals surface area contributed by atoms with Crippen molar-refractivity contribution in [3.05, 3.63) is 24.3 Å². The maximum absolute atomic E-state index is 10.8. The van der Waals surface area contributed by atoms with Crippen LogP contribution < -0.4 is 9.86 Å². The predicted molar refractivity (Wildman–Crippen MR) is 50.4 cm³/mol. The van der Waals surface area contributed by atoms with E-state index in [0.29, 0.717) is 0 Å². The highest BCUT2D eigenvalue weighted by Crippen LogP contribution is 2.12. The van der Waals surface area contributed by atoms with E-state index in [-0.39, 0.29) is 10.6 Å². The Hall–Kier alpha value is -0.960. The molecule has 78 valence electrons.